The van der Waals surface area contributed by atoms with Gasteiger partial charge in [-0.05, 0) is 51.5 Å². The molecular weight excluding hydrogens is 318 g/mol. The molecule has 0 aliphatic carbocycles. The second-order valence-electron chi connectivity index (χ2n) is 6.43. The van der Waals surface area contributed by atoms with Gasteiger partial charge in [0.1, 0.15) is 0 Å². The number of carbonyl (C=O) groups excluding carboxylic acids is 1. The molecule has 25 heavy (non-hydrogen) atoms. The van der Waals surface area contributed by atoms with E-state index in [0.717, 1.165) is 5.56 Å². The summed E-state index contributed by atoms with van der Waals surface area (Å²) < 4.78 is 0. The fourth-order valence-corrected chi connectivity index (χ4v) is 2.56. The van der Waals surface area contributed by atoms with Gasteiger partial charge in [-0.1, -0.05) is 18.2 Å². The van der Waals surface area contributed by atoms with Crippen LogP contribution in [0, 0.1) is 35.3 Å². The Morgan fingerprint density at radius 1 is 1.24 bits per heavy atom. The second kappa shape index (κ2) is 6.73. The lowest BCUT2D eigenvalue weighted by Crippen LogP contribution is -2.17. The summed E-state index contributed by atoms with van der Waals surface area (Å²) in [4.78, 5) is 23.3. The number of aryl methyl sites for hydroxylation is 1. The third-order valence-corrected chi connectivity index (χ3v) is 4.19. The molecule has 2 aromatic carbocycles. The number of rotatable bonds is 4. The fourth-order valence-electron chi connectivity index (χ4n) is 2.56. The number of nitro benzene ring substituents is 1. The molecule has 0 atom stereocenters. The molecule has 2 rings (SSSR count). The molecule has 0 aromatic heterocycles. The van der Waals surface area contributed by atoms with Crippen molar-refractivity contribution < 1.29 is 9.72 Å². The van der Waals surface area contributed by atoms with E-state index in [1.54, 1.807) is 64.1 Å². The van der Waals surface area contributed by atoms with Crippen molar-refractivity contribution in [1.29, 1.82) is 5.26 Å². The molecule has 0 aliphatic heterocycles. The minimum Gasteiger partial charge on any atom is -0.321 e. The van der Waals surface area contributed by atoms with Crippen molar-refractivity contribution in [2.75, 3.05) is 5.32 Å². The van der Waals surface area contributed by atoms with E-state index >= 15 is 0 Å². The predicted molar refractivity (Wildman–Crippen MR) is 95.6 cm³/mol. The zero-order valence-electron chi connectivity index (χ0n) is 14.6. The number of nitrogens with zero attached hydrogens (tertiary/aromatic N) is 2. The Morgan fingerprint density at radius 2 is 1.92 bits per heavy atom. The van der Waals surface area contributed by atoms with Crippen LogP contribution < -0.4 is 5.32 Å². The van der Waals surface area contributed by atoms with Crippen molar-refractivity contribution in [2.24, 2.45) is 0 Å². The van der Waals surface area contributed by atoms with Crippen molar-refractivity contribution in [3.8, 4) is 6.07 Å². The van der Waals surface area contributed by atoms with Gasteiger partial charge in [-0.25, -0.2) is 0 Å². The number of nitro groups is 1. The molecule has 0 aliphatic rings. The third kappa shape index (κ3) is 3.66. The lowest BCUT2D eigenvalue weighted by molar-refractivity contribution is -0.386. The summed E-state index contributed by atoms with van der Waals surface area (Å²) in [6.07, 6.45) is 0. The van der Waals surface area contributed by atoms with Crippen molar-refractivity contribution in [2.45, 2.75) is 33.1 Å². The Hall–Kier alpha value is -3.20. The Balaban J connectivity index is 2.36. The van der Waals surface area contributed by atoms with Crippen LogP contribution in [0.2, 0.25) is 0 Å². The summed E-state index contributed by atoms with van der Waals surface area (Å²) >= 11 is 0. The first kappa shape index (κ1) is 18.1. The first-order valence-corrected chi connectivity index (χ1v) is 7.75. The van der Waals surface area contributed by atoms with Crippen LogP contribution in [0.4, 0.5) is 11.4 Å². The van der Waals surface area contributed by atoms with E-state index < -0.39 is 10.3 Å². The standard InChI is InChI=1S/C19H19N3O3/c1-12-8-9-16(13(2)17(12)22(24)25)21-18(23)14-6-5-7-15(10-14)19(3,4)11-20/h5-10H,1-4H3,(H,21,23). The number of benzene rings is 2. The van der Waals surface area contributed by atoms with Crippen LogP contribution in [-0.4, -0.2) is 10.8 Å². The monoisotopic (exact) mass is 337 g/mol. The third-order valence-electron chi connectivity index (χ3n) is 4.19. The van der Waals surface area contributed by atoms with E-state index in [9.17, 15) is 20.2 Å². The van der Waals surface area contributed by atoms with E-state index in [1.165, 1.54) is 0 Å². The number of hydrogen-bond donors (Lipinski definition) is 1. The Kier molecular flexibility index (Phi) is 4.89. The highest BCUT2D eigenvalue weighted by Gasteiger charge is 2.22. The molecule has 0 bridgehead atoms. The Labute approximate surface area is 146 Å². The molecule has 1 N–H and O–H groups in total. The number of carbonyl (C=O) groups is 1. The molecule has 0 fully saturated rings. The normalized spacial score (nSPS) is 10.8. The van der Waals surface area contributed by atoms with Gasteiger partial charge in [-0.15, -0.1) is 0 Å². The Bertz CT molecular complexity index is 895. The summed E-state index contributed by atoms with van der Waals surface area (Å²) in [6.45, 7) is 6.81. The molecule has 0 saturated carbocycles. The van der Waals surface area contributed by atoms with Gasteiger partial charge in [0, 0.05) is 11.1 Å². The van der Waals surface area contributed by atoms with Crippen LogP contribution in [-0.2, 0) is 5.41 Å². The first-order chi connectivity index (χ1) is 11.7. The minimum absolute atomic E-state index is 0.00263. The molecule has 2 aromatic rings. The second-order valence-corrected chi connectivity index (χ2v) is 6.43. The molecule has 0 radical (unpaired) electrons. The lowest BCUT2D eigenvalue weighted by Gasteiger charge is -2.17. The molecule has 128 valence electrons. The van der Waals surface area contributed by atoms with Crippen LogP contribution >= 0.6 is 0 Å². The first-order valence-electron chi connectivity index (χ1n) is 7.75. The number of amides is 1. The zero-order chi connectivity index (χ0) is 18.8. The van der Waals surface area contributed by atoms with Crippen molar-refractivity contribution in [1.82, 2.24) is 0 Å². The van der Waals surface area contributed by atoms with Gasteiger partial charge in [-0.3, -0.25) is 14.9 Å². The summed E-state index contributed by atoms with van der Waals surface area (Å²) in [5.41, 5.74) is 1.75. The minimum atomic E-state index is -0.713. The number of anilines is 1. The number of hydrogen-bond acceptors (Lipinski definition) is 4. The van der Waals surface area contributed by atoms with Crippen molar-refractivity contribution in [3.63, 3.8) is 0 Å². The average molecular weight is 337 g/mol. The highest BCUT2D eigenvalue weighted by atomic mass is 16.6. The maximum absolute atomic E-state index is 12.5. The number of nitrogens with one attached hydrogen (secondary N) is 1. The summed E-state index contributed by atoms with van der Waals surface area (Å²) in [5, 5.41) is 23.2. The van der Waals surface area contributed by atoms with Gasteiger partial charge in [0.05, 0.1) is 27.7 Å². The maximum atomic E-state index is 12.5. The van der Waals surface area contributed by atoms with E-state index in [4.69, 9.17) is 0 Å². The average Bonchev–Trinajstić information content (AvgIpc) is 2.57. The molecule has 0 spiro atoms. The van der Waals surface area contributed by atoms with Crippen LogP contribution in [0.15, 0.2) is 36.4 Å². The molecule has 6 nitrogen and oxygen atoms in total. The molecule has 0 saturated heterocycles. The largest absolute Gasteiger partial charge is 0.321 e. The highest BCUT2D eigenvalue weighted by Crippen LogP contribution is 2.29. The van der Waals surface area contributed by atoms with Crippen LogP contribution in [0.5, 0.6) is 0 Å². The van der Waals surface area contributed by atoms with Gasteiger partial charge in [0.15, 0.2) is 0 Å². The Morgan fingerprint density at radius 3 is 2.52 bits per heavy atom. The van der Waals surface area contributed by atoms with Crippen molar-refractivity contribution in [3.05, 3.63) is 68.8 Å². The molecule has 0 heterocycles. The summed E-state index contributed by atoms with van der Waals surface area (Å²) in [7, 11) is 0. The zero-order valence-corrected chi connectivity index (χ0v) is 14.6. The smallest absolute Gasteiger partial charge is 0.277 e. The summed E-state index contributed by atoms with van der Waals surface area (Å²) in [5.74, 6) is -0.378. The SMILES string of the molecule is Cc1ccc(NC(=O)c2cccc(C(C)(C)C#N)c2)c(C)c1[N+](=O)[O-]. The lowest BCUT2D eigenvalue weighted by atomic mass is 9.85. The van der Waals surface area contributed by atoms with Gasteiger partial charge < -0.3 is 5.32 Å². The van der Waals surface area contributed by atoms with E-state index in [-0.39, 0.29) is 11.6 Å². The van der Waals surface area contributed by atoms with Crippen molar-refractivity contribution >= 4 is 17.3 Å². The summed E-state index contributed by atoms with van der Waals surface area (Å²) in [6, 6.07) is 12.3. The maximum Gasteiger partial charge on any atom is 0.277 e. The van der Waals surface area contributed by atoms with Gasteiger partial charge >= 0.3 is 0 Å². The molecule has 6 heteroatoms. The van der Waals surface area contributed by atoms with Gasteiger partial charge in [0.25, 0.3) is 11.6 Å². The van der Waals surface area contributed by atoms with E-state index in [1.807, 2.05) is 0 Å². The van der Waals surface area contributed by atoms with E-state index in [2.05, 4.69) is 11.4 Å². The van der Waals surface area contributed by atoms with Crippen LogP contribution in [0.25, 0.3) is 0 Å². The molecule has 0 unspecified atom stereocenters. The van der Waals surface area contributed by atoms with Gasteiger partial charge in [0.2, 0.25) is 0 Å². The fraction of sp³-hybridized carbons (Fsp3) is 0.263. The van der Waals surface area contributed by atoms with E-state index in [0.29, 0.717) is 22.4 Å². The quantitative estimate of drug-likeness (QED) is 0.665. The van der Waals surface area contributed by atoms with Gasteiger partial charge in [-0.2, -0.15) is 5.26 Å². The predicted octanol–water partition coefficient (Wildman–Crippen LogP) is 4.27. The molecule has 1 amide bonds. The molecular formula is C19H19N3O3. The number of nitriles is 1. The topological polar surface area (TPSA) is 96.0 Å². The van der Waals surface area contributed by atoms with Crippen LogP contribution in [0.1, 0.15) is 40.9 Å². The van der Waals surface area contributed by atoms with Crippen LogP contribution in [0.3, 0.4) is 0 Å². The highest BCUT2D eigenvalue weighted by molar-refractivity contribution is 6.05.